The second kappa shape index (κ2) is 6.72. The minimum absolute atomic E-state index is 0.0187. The number of fused-ring (bicyclic) bond motifs is 4. The minimum atomic E-state index is -0.187. The molecule has 2 atom stereocenters. The number of aromatic nitrogens is 2. The average Bonchev–Trinajstić information content (AvgIpc) is 2.64. The van der Waals surface area contributed by atoms with Crippen molar-refractivity contribution in [3.05, 3.63) is 62.4 Å². The van der Waals surface area contributed by atoms with Gasteiger partial charge in [-0.1, -0.05) is 6.07 Å². The molecule has 2 aliphatic rings. The number of rotatable bonds is 3. The van der Waals surface area contributed by atoms with Crippen LogP contribution in [-0.4, -0.2) is 40.1 Å². The number of pyridine rings is 2. The Morgan fingerprint density at radius 1 is 1.22 bits per heavy atom. The van der Waals surface area contributed by atoms with Crippen LogP contribution in [0.5, 0.6) is 5.75 Å². The van der Waals surface area contributed by atoms with Gasteiger partial charge < -0.3 is 18.8 Å². The van der Waals surface area contributed by atoms with Crippen molar-refractivity contribution in [2.45, 2.75) is 32.4 Å². The zero-order valence-electron chi connectivity index (χ0n) is 15.6. The van der Waals surface area contributed by atoms with Gasteiger partial charge >= 0.3 is 0 Å². The molecule has 1 fully saturated rings. The summed E-state index contributed by atoms with van der Waals surface area (Å²) >= 11 is 0. The largest absolute Gasteiger partial charge is 0.491 e. The lowest BCUT2D eigenvalue weighted by Crippen LogP contribution is -2.49. The Labute approximate surface area is 156 Å². The first-order valence-corrected chi connectivity index (χ1v) is 9.19. The first-order valence-electron chi connectivity index (χ1n) is 9.19. The monoisotopic (exact) mass is 369 g/mol. The van der Waals surface area contributed by atoms with Crippen LogP contribution in [-0.2, 0) is 17.9 Å². The first kappa shape index (κ1) is 17.6. The second-order valence-electron chi connectivity index (χ2n) is 7.47. The Balaban J connectivity index is 1.55. The quantitative estimate of drug-likeness (QED) is 0.808. The van der Waals surface area contributed by atoms with Crippen LogP contribution in [0.1, 0.15) is 23.7 Å². The topological polar surface area (TPSA) is 73.5 Å². The lowest BCUT2D eigenvalue weighted by Gasteiger charge is -2.42. The normalized spacial score (nSPS) is 20.9. The van der Waals surface area contributed by atoms with Gasteiger partial charge in [0.1, 0.15) is 6.54 Å². The minimum Gasteiger partial charge on any atom is -0.491 e. The van der Waals surface area contributed by atoms with Gasteiger partial charge in [-0.05, 0) is 25.3 Å². The van der Waals surface area contributed by atoms with Crippen LogP contribution in [0.2, 0.25) is 0 Å². The fraction of sp³-hybridized carbons (Fsp3) is 0.450. The zero-order valence-corrected chi connectivity index (χ0v) is 15.6. The molecule has 0 radical (unpaired) electrons. The van der Waals surface area contributed by atoms with E-state index in [1.807, 2.05) is 22.5 Å². The van der Waals surface area contributed by atoms with Crippen molar-refractivity contribution in [1.29, 1.82) is 0 Å². The maximum absolute atomic E-state index is 12.9. The Bertz CT molecular complexity index is 1010. The standard InChI is InChI=1S/C20H23N3O4/c1-13-6-17(24)18(27-2)11-21(13)12-20(26)22-8-14-7-15(10-22)16-4-3-5-19(25)23(16)9-14/h3-6,11,14-15H,7-10,12H2,1-2H3/t14-,15+/m0/s1. The SMILES string of the molecule is COc1cn(CC(=O)N2C[C@@H]3C[C@H](C2)c2cccc(=O)n2C3)c(C)cc1=O. The third-order valence-electron chi connectivity index (χ3n) is 5.67. The molecule has 0 spiro atoms. The maximum Gasteiger partial charge on any atom is 0.250 e. The van der Waals surface area contributed by atoms with E-state index in [1.54, 1.807) is 22.9 Å². The number of hydrogen-bond acceptors (Lipinski definition) is 4. The van der Waals surface area contributed by atoms with Gasteiger partial charge in [0, 0.05) is 49.1 Å². The van der Waals surface area contributed by atoms with E-state index in [-0.39, 0.29) is 35.1 Å². The summed E-state index contributed by atoms with van der Waals surface area (Å²) in [5, 5.41) is 0. The summed E-state index contributed by atoms with van der Waals surface area (Å²) in [5.41, 5.74) is 1.60. The predicted octanol–water partition coefficient (Wildman–Crippen LogP) is 0.973. The van der Waals surface area contributed by atoms with Crippen LogP contribution in [0.25, 0.3) is 0 Å². The summed E-state index contributed by atoms with van der Waals surface area (Å²) in [7, 11) is 1.45. The summed E-state index contributed by atoms with van der Waals surface area (Å²) in [4.78, 5) is 38.8. The molecule has 1 amide bonds. The van der Waals surface area contributed by atoms with Crippen LogP contribution < -0.4 is 15.7 Å². The summed E-state index contributed by atoms with van der Waals surface area (Å²) < 4.78 is 8.70. The van der Waals surface area contributed by atoms with E-state index >= 15 is 0 Å². The summed E-state index contributed by atoms with van der Waals surface area (Å²) in [6.45, 7) is 3.92. The smallest absolute Gasteiger partial charge is 0.250 e. The summed E-state index contributed by atoms with van der Waals surface area (Å²) in [6, 6.07) is 6.87. The fourth-order valence-electron chi connectivity index (χ4n) is 4.32. The van der Waals surface area contributed by atoms with Gasteiger partial charge in [0.25, 0.3) is 5.56 Å². The van der Waals surface area contributed by atoms with Gasteiger partial charge in [0.15, 0.2) is 5.75 Å². The molecule has 2 aromatic rings. The van der Waals surface area contributed by atoms with Crippen molar-refractivity contribution < 1.29 is 9.53 Å². The fourth-order valence-corrected chi connectivity index (χ4v) is 4.32. The van der Waals surface area contributed by atoms with Crippen LogP contribution in [0.3, 0.4) is 0 Å². The molecule has 7 heteroatoms. The first-order chi connectivity index (χ1) is 13.0. The molecule has 4 heterocycles. The molecule has 0 aromatic carbocycles. The van der Waals surface area contributed by atoms with E-state index in [4.69, 9.17) is 4.74 Å². The number of amides is 1. The average molecular weight is 369 g/mol. The van der Waals surface area contributed by atoms with E-state index in [9.17, 15) is 14.4 Å². The number of methoxy groups -OCH3 is 1. The van der Waals surface area contributed by atoms with Gasteiger partial charge in [-0.25, -0.2) is 0 Å². The van der Waals surface area contributed by atoms with Crippen molar-refractivity contribution in [2.75, 3.05) is 20.2 Å². The van der Waals surface area contributed by atoms with Gasteiger partial charge in [-0.15, -0.1) is 0 Å². The highest BCUT2D eigenvalue weighted by molar-refractivity contribution is 5.76. The number of likely N-dealkylation sites (tertiary alicyclic amines) is 1. The van der Waals surface area contributed by atoms with Crippen LogP contribution in [0.15, 0.2) is 40.1 Å². The van der Waals surface area contributed by atoms with Crippen LogP contribution in [0, 0.1) is 12.8 Å². The van der Waals surface area contributed by atoms with Crippen LogP contribution in [0.4, 0.5) is 0 Å². The Morgan fingerprint density at radius 3 is 2.81 bits per heavy atom. The van der Waals surface area contributed by atoms with Crippen LogP contribution >= 0.6 is 0 Å². The highest BCUT2D eigenvalue weighted by Gasteiger charge is 2.36. The van der Waals surface area contributed by atoms with Crippen molar-refractivity contribution in [3.63, 3.8) is 0 Å². The number of piperidine rings is 1. The highest BCUT2D eigenvalue weighted by atomic mass is 16.5. The third-order valence-corrected chi connectivity index (χ3v) is 5.67. The number of carbonyl (C=O) groups is 1. The number of hydrogen-bond donors (Lipinski definition) is 0. The van der Waals surface area contributed by atoms with Crippen molar-refractivity contribution >= 4 is 5.91 Å². The molecule has 2 aliphatic heterocycles. The van der Waals surface area contributed by atoms with Crippen molar-refractivity contribution in [1.82, 2.24) is 14.0 Å². The third kappa shape index (κ3) is 3.18. The Hall–Kier alpha value is -2.83. The molecule has 0 aliphatic carbocycles. The molecular formula is C20H23N3O4. The summed E-state index contributed by atoms with van der Waals surface area (Å²) in [6.07, 6.45) is 2.60. The van der Waals surface area contributed by atoms with E-state index < -0.39 is 0 Å². The van der Waals surface area contributed by atoms with Gasteiger partial charge in [-0.3, -0.25) is 14.4 Å². The number of ether oxygens (including phenoxy) is 1. The number of carbonyl (C=O) groups excluding carboxylic acids is 1. The predicted molar refractivity (Wildman–Crippen MR) is 100 cm³/mol. The van der Waals surface area contributed by atoms with Crippen molar-refractivity contribution in [3.8, 4) is 5.75 Å². The van der Waals surface area contributed by atoms with Gasteiger partial charge in [0.05, 0.1) is 13.3 Å². The van der Waals surface area contributed by atoms with Gasteiger partial charge in [-0.2, -0.15) is 0 Å². The summed E-state index contributed by atoms with van der Waals surface area (Å²) in [5.74, 6) is 0.743. The molecule has 0 N–H and O–H groups in total. The lowest BCUT2D eigenvalue weighted by atomic mass is 9.83. The molecule has 0 unspecified atom stereocenters. The van der Waals surface area contributed by atoms with Gasteiger partial charge in [0.2, 0.25) is 11.3 Å². The number of nitrogens with zero attached hydrogens (tertiary/aromatic N) is 3. The zero-order chi connectivity index (χ0) is 19.1. The lowest BCUT2D eigenvalue weighted by molar-refractivity contribution is -0.134. The molecule has 2 aromatic heterocycles. The molecule has 142 valence electrons. The molecule has 0 saturated carbocycles. The molecule has 2 bridgehead atoms. The van der Waals surface area contributed by atoms with E-state index in [2.05, 4.69) is 0 Å². The second-order valence-corrected chi connectivity index (χ2v) is 7.47. The molecule has 4 rings (SSSR count). The molecule has 7 nitrogen and oxygen atoms in total. The Kier molecular flexibility index (Phi) is 4.37. The molecular weight excluding hydrogens is 346 g/mol. The van der Waals surface area contributed by atoms with Crippen molar-refractivity contribution in [2.24, 2.45) is 5.92 Å². The number of aryl methyl sites for hydroxylation is 1. The molecule has 1 saturated heterocycles. The van der Waals surface area contributed by atoms with E-state index in [0.29, 0.717) is 25.6 Å². The Morgan fingerprint density at radius 2 is 2.04 bits per heavy atom. The van der Waals surface area contributed by atoms with E-state index in [0.717, 1.165) is 17.8 Å². The molecule has 27 heavy (non-hydrogen) atoms. The highest BCUT2D eigenvalue weighted by Crippen LogP contribution is 2.35. The maximum atomic E-state index is 12.9. The van der Waals surface area contributed by atoms with E-state index in [1.165, 1.54) is 13.2 Å².